The van der Waals surface area contributed by atoms with Crippen LogP contribution in [0, 0.1) is 0 Å². The zero-order valence-corrected chi connectivity index (χ0v) is 17.8. The van der Waals surface area contributed by atoms with Gasteiger partial charge in [-0.1, -0.05) is 30.3 Å². The van der Waals surface area contributed by atoms with E-state index in [1.165, 1.54) is 0 Å². The van der Waals surface area contributed by atoms with Crippen molar-refractivity contribution in [3.8, 4) is 5.75 Å². The zero-order valence-electron chi connectivity index (χ0n) is 17.8. The molecule has 0 atom stereocenters. The van der Waals surface area contributed by atoms with E-state index in [0.29, 0.717) is 25.7 Å². The van der Waals surface area contributed by atoms with Crippen molar-refractivity contribution in [2.45, 2.75) is 26.6 Å². The molecule has 8 nitrogen and oxygen atoms in total. The van der Waals surface area contributed by atoms with E-state index in [1.54, 1.807) is 30.2 Å². The molecule has 0 aliphatic heterocycles. The van der Waals surface area contributed by atoms with Crippen molar-refractivity contribution in [1.82, 2.24) is 20.4 Å². The van der Waals surface area contributed by atoms with Gasteiger partial charge in [0.2, 0.25) is 5.91 Å². The molecule has 162 valence electrons. The Hall–Kier alpha value is -3.81. The van der Waals surface area contributed by atoms with E-state index in [9.17, 15) is 4.79 Å². The molecule has 0 aliphatic carbocycles. The monoisotopic (exact) mass is 420 g/mol. The topological polar surface area (TPSA) is 92.6 Å². The summed E-state index contributed by atoms with van der Waals surface area (Å²) in [7, 11) is 1.73. The lowest BCUT2D eigenvalue weighted by atomic mass is 10.2. The molecule has 0 saturated heterocycles. The van der Waals surface area contributed by atoms with E-state index in [4.69, 9.17) is 4.74 Å². The number of amides is 1. The molecule has 3 N–H and O–H groups in total. The molecule has 0 spiro atoms. The number of aliphatic imine (C=N–C) groups is 1. The largest absolute Gasteiger partial charge is 0.494 e. The predicted molar refractivity (Wildman–Crippen MR) is 122 cm³/mol. The second-order valence-electron chi connectivity index (χ2n) is 6.77. The fraction of sp³-hybridized carbons (Fsp3) is 0.261. The highest BCUT2D eigenvalue weighted by Gasteiger charge is 2.06. The second-order valence-corrected chi connectivity index (χ2v) is 6.77. The minimum atomic E-state index is -0.126. The molecule has 3 rings (SSSR count). The lowest BCUT2D eigenvalue weighted by Gasteiger charge is -2.15. The van der Waals surface area contributed by atoms with Crippen LogP contribution in [0.25, 0.3) is 0 Å². The number of carbonyl (C=O) groups is 1. The molecule has 1 heterocycles. The molecule has 1 aromatic heterocycles. The maximum Gasteiger partial charge on any atom is 0.246 e. The van der Waals surface area contributed by atoms with Crippen LogP contribution in [0.2, 0.25) is 0 Å². The van der Waals surface area contributed by atoms with Crippen molar-refractivity contribution in [2.75, 3.05) is 19.0 Å². The van der Waals surface area contributed by atoms with E-state index in [2.05, 4.69) is 26.0 Å². The summed E-state index contributed by atoms with van der Waals surface area (Å²) in [6.45, 7) is 3.93. The summed E-state index contributed by atoms with van der Waals surface area (Å²) in [4.78, 5) is 16.5. The smallest absolute Gasteiger partial charge is 0.246 e. The molecule has 0 radical (unpaired) electrons. The number of nitrogens with one attached hydrogen (secondary N) is 3. The van der Waals surface area contributed by atoms with E-state index in [0.717, 1.165) is 22.6 Å². The average molecular weight is 421 g/mol. The first-order valence-electron chi connectivity index (χ1n) is 10.2. The van der Waals surface area contributed by atoms with Gasteiger partial charge in [0, 0.05) is 43.8 Å². The standard InChI is InChI=1S/C23H28N6O2/c1-3-31-21-11-5-4-9-19(21)16-26-23(24-2)25-15-18-8-6-10-20(14-18)28-22(30)17-29-13-7-12-27-29/h4-14H,3,15-17H2,1-2H3,(H,28,30)(H2,24,25,26). The fourth-order valence-corrected chi connectivity index (χ4v) is 3.03. The number of benzene rings is 2. The molecular formula is C23H28N6O2. The molecule has 0 fully saturated rings. The van der Waals surface area contributed by atoms with Crippen LogP contribution in [0.1, 0.15) is 18.1 Å². The van der Waals surface area contributed by atoms with Gasteiger partial charge >= 0.3 is 0 Å². The van der Waals surface area contributed by atoms with Crippen LogP contribution in [0.4, 0.5) is 5.69 Å². The minimum Gasteiger partial charge on any atom is -0.494 e. The van der Waals surface area contributed by atoms with Gasteiger partial charge in [0.1, 0.15) is 12.3 Å². The van der Waals surface area contributed by atoms with Crippen LogP contribution in [-0.4, -0.2) is 35.3 Å². The van der Waals surface area contributed by atoms with Gasteiger partial charge in [-0.15, -0.1) is 0 Å². The number of hydrogen-bond donors (Lipinski definition) is 3. The van der Waals surface area contributed by atoms with E-state index in [1.807, 2.05) is 55.5 Å². The molecule has 1 amide bonds. The quantitative estimate of drug-likeness (QED) is 0.366. The molecule has 2 aromatic carbocycles. The number of anilines is 1. The molecule has 31 heavy (non-hydrogen) atoms. The van der Waals surface area contributed by atoms with Crippen LogP contribution in [0.15, 0.2) is 72.0 Å². The van der Waals surface area contributed by atoms with Crippen molar-refractivity contribution < 1.29 is 9.53 Å². The predicted octanol–water partition coefficient (Wildman–Crippen LogP) is 2.79. The van der Waals surface area contributed by atoms with E-state index in [-0.39, 0.29) is 12.5 Å². The fourth-order valence-electron chi connectivity index (χ4n) is 3.03. The third-order valence-electron chi connectivity index (χ3n) is 4.48. The molecule has 0 bridgehead atoms. The van der Waals surface area contributed by atoms with Gasteiger partial charge in [-0.2, -0.15) is 5.10 Å². The molecule has 8 heteroatoms. The average Bonchev–Trinajstić information content (AvgIpc) is 3.28. The maximum atomic E-state index is 12.2. The maximum absolute atomic E-state index is 12.2. The normalized spacial score (nSPS) is 11.1. The highest BCUT2D eigenvalue weighted by Crippen LogP contribution is 2.17. The summed E-state index contributed by atoms with van der Waals surface area (Å²) in [5, 5.41) is 13.5. The number of guanidine groups is 1. The van der Waals surface area contributed by atoms with Crippen LogP contribution in [0.3, 0.4) is 0 Å². The number of ether oxygens (including phenoxy) is 1. The summed E-state index contributed by atoms with van der Waals surface area (Å²) in [6.07, 6.45) is 3.40. The Morgan fingerprint density at radius 1 is 1.10 bits per heavy atom. The summed E-state index contributed by atoms with van der Waals surface area (Å²) >= 11 is 0. The second kappa shape index (κ2) is 11.4. The Morgan fingerprint density at radius 3 is 2.71 bits per heavy atom. The summed E-state index contributed by atoms with van der Waals surface area (Å²) < 4.78 is 7.25. The molecule has 3 aromatic rings. The number of nitrogens with zero attached hydrogens (tertiary/aromatic N) is 3. The van der Waals surface area contributed by atoms with Crippen molar-refractivity contribution in [2.24, 2.45) is 4.99 Å². The summed E-state index contributed by atoms with van der Waals surface area (Å²) in [6, 6.07) is 17.4. The zero-order chi connectivity index (χ0) is 21.9. The number of rotatable bonds is 9. The van der Waals surface area contributed by atoms with Crippen LogP contribution in [0.5, 0.6) is 5.75 Å². The Labute approximate surface area is 182 Å². The van der Waals surface area contributed by atoms with Gasteiger partial charge in [-0.25, -0.2) is 0 Å². The Morgan fingerprint density at radius 2 is 1.94 bits per heavy atom. The van der Waals surface area contributed by atoms with Gasteiger partial charge < -0.3 is 20.7 Å². The number of carbonyl (C=O) groups excluding carboxylic acids is 1. The van der Waals surface area contributed by atoms with E-state index >= 15 is 0 Å². The van der Waals surface area contributed by atoms with Gasteiger partial charge in [-0.05, 0) is 36.8 Å². The van der Waals surface area contributed by atoms with Gasteiger partial charge in [-0.3, -0.25) is 14.5 Å². The first-order valence-corrected chi connectivity index (χ1v) is 10.2. The van der Waals surface area contributed by atoms with Crippen molar-refractivity contribution in [3.05, 3.63) is 78.1 Å². The van der Waals surface area contributed by atoms with Gasteiger partial charge in [0.15, 0.2) is 5.96 Å². The first kappa shape index (κ1) is 21.9. The van der Waals surface area contributed by atoms with Crippen molar-refractivity contribution in [3.63, 3.8) is 0 Å². The SMILES string of the molecule is CCOc1ccccc1CNC(=NC)NCc1cccc(NC(=O)Cn2cccn2)c1. The third-order valence-corrected chi connectivity index (χ3v) is 4.48. The van der Waals surface area contributed by atoms with E-state index < -0.39 is 0 Å². The third kappa shape index (κ3) is 6.88. The lowest BCUT2D eigenvalue weighted by Crippen LogP contribution is -2.36. The van der Waals surface area contributed by atoms with Crippen LogP contribution < -0.4 is 20.7 Å². The van der Waals surface area contributed by atoms with Crippen molar-refractivity contribution >= 4 is 17.6 Å². The molecular weight excluding hydrogens is 392 g/mol. The molecule has 0 unspecified atom stereocenters. The number of hydrogen-bond acceptors (Lipinski definition) is 4. The number of para-hydroxylation sites is 1. The minimum absolute atomic E-state index is 0.126. The van der Waals surface area contributed by atoms with Crippen LogP contribution in [-0.2, 0) is 24.4 Å². The Balaban J connectivity index is 1.51. The van der Waals surface area contributed by atoms with Crippen molar-refractivity contribution in [1.29, 1.82) is 0 Å². The first-order chi connectivity index (χ1) is 15.2. The molecule has 0 aliphatic rings. The highest BCUT2D eigenvalue weighted by molar-refractivity contribution is 5.90. The summed E-state index contributed by atoms with van der Waals surface area (Å²) in [5.74, 6) is 1.42. The van der Waals surface area contributed by atoms with Crippen LogP contribution >= 0.6 is 0 Å². The summed E-state index contributed by atoms with van der Waals surface area (Å²) in [5.41, 5.74) is 2.83. The Kier molecular flexibility index (Phi) is 8.05. The number of aromatic nitrogens is 2. The van der Waals surface area contributed by atoms with Gasteiger partial charge in [0.25, 0.3) is 0 Å². The molecule has 0 saturated carbocycles. The lowest BCUT2D eigenvalue weighted by molar-refractivity contribution is -0.116. The highest BCUT2D eigenvalue weighted by atomic mass is 16.5. The Bertz CT molecular complexity index is 1000. The van der Waals surface area contributed by atoms with Gasteiger partial charge in [0.05, 0.1) is 6.61 Å².